The third-order valence-electron chi connectivity index (χ3n) is 2.50. The molecule has 0 spiro atoms. The molecule has 4 nitrogen and oxygen atoms in total. The highest BCUT2D eigenvalue weighted by Gasteiger charge is 2.13. The summed E-state index contributed by atoms with van der Waals surface area (Å²) in [5.41, 5.74) is 6.09. The Kier molecular flexibility index (Phi) is 5.41. The molecule has 0 aromatic carbocycles. The van der Waals surface area contributed by atoms with E-state index >= 15 is 0 Å². The topological polar surface area (TPSA) is 68.0 Å². The smallest absolute Gasteiger partial charge is 0.255 e. The molecule has 3 N–H and O–H groups in total. The van der Waals surface area contributed by atoms with Crippen molar-refractivity contribution in [2.45, 2.75) is 39.2 Å². The zero-order valence-corrected chi connectivity index (χ0v) is 11.8. The minimum atomic E-state index is -0.167. The van der Waals surface area contributed by atoms with E-state index < -0.39 is 0 Å². The number of anilines is 1. The molecule has 1 atom stereocenters. The maximum atomic E-state index is 11.9. The Labute approximate surface area is 110 Å². The number of unbranched alkanes of at least 4 members (excludes halogenated alkanes) is 1. The maximum absolute atomic E-state index is 11.9. The number of hydrogen-bond acceptors (Lipinski definition) is 3. The van der Waals surface area contributed by atoms with Gasteiger partial charge >= 0.3 is 0 Å². The average Bonchev–Trinajstić information content (AvgIpc) is 2.29. The molecule has 5 heteroatoms. The summed E-state index contributed by atoms with van der Waals surface area (Å²) in [7, 11) is 0. The molecule has 0 aliphatic carbocycles. The molecule has 0 saturated heterocycles. The van der Waals surface area contributed by atoms with Crippen LogP contribution in [0.25, 0.3) is 0 Å². The van der Waals surface area contributed by atoms with E-state index in [1.165, 1.54) is 0 Å². The average molecular weight is 300 g/mol. The van der Waals surface area contributed by atoms with Gasteiger partial charge in [-0.05, 0) is 35.3 Å². The number of amides is 1. The van der Waals surface area contributed by atoms with E-state index in [1.54, 1.807) is 12.3 Å². The Morgan fingerprint density at radius 2 is 2.35 bits per heavy atom. The first-order valence-electron chi connectivity index (χ1n) is 5.76. The van der Waals surface area contributed by atoms with Gasteiger partial charge in [-0.1, -0.05) is 19.8 Å². The van der Waals surface area contributed by atoms with Gasteiger partial charge in [0.15, 0.2) is 0 Å². The minimum Gasteiger partial charge on any atom is -0.383 e. The van der Waals surface area contributed by atoms with E-state index in [0.29, 0.717) is 5.56 Å². The number of hydrogen-bond donors (Lipinski definition) is 2. The van der Waals surface area contributed by atoms with Crippen LogP contribution in [0.2, 0.25) is 0 Å². The zero-order chi connectivity index (χ0) is 12.8. The van der Waals surface area contributed by atoms with E-state index in [4.69, 9.17) is 5.73 Å². The van der Waals surface area contributed by atoms with Gasteiger partial charge in [0.05, 0.1) is 5.56 Å². The minimum absolute atomic E-state index is 0.154. The molecule has 0 bridgehead atoms. The van der Waals surface area contributed by atoms with Crippen molar-refractivity contribution in [2.24, 2.45) is 0 Å². The van der Waals surface area contributed by atoms with E-state index in [2.05, 4.69) is 33.2 Å². The largest absolute Gasteiger partial charge is 0.383 e. The SMILES string of the molecule is CCCCC(C)NC(=O)c1cc(Br)cnc1N. The summed E-state index contributed by atoms with van der Waals surface area (Å²) in [6.07, 6.45) is 4.78. The summed E-state index contributed by atoms with van der Waals surface area (Å²) in [6, 6.07) is 1.84. The summed E-state index contributed by atoms with van der Waals surface area (Å²) >= 11 is 3.27. The second-order valence-corrected chi connectivity index (χ2v) is 5.02. The highest BCUT2D eigenvalue weighted by molar-refractivity contribution is 9.10. The highest BCUT2D eigenvalue weighted by atomic mass is 79.9. The summed E-state index contributed by atoms with van der Waals surface area (Å²) in [5, 5.41) is 2.92. The van der Waals surface area contributed by atoms with Crippen LogP contribution in [0, 0.1) is 0 Å². The number of aromatic nitrogens is 1. The van der Waals surface area contributed by atoms with Crippen molar-refractivity contribution in [1.82, 2.24) is 10.3 Å². The number of nitrogens with two attached hydrogens (primary N) is 1. The van der Waals surface area contributed by atoms with E-state index in [9.17, 15) is 4.79 Å². The fourth-order valence-electron chi connectivity index (χ4n) is 1.52. The number of rotatable bonds is 5. The van der Waals surface area contributed by atoms with Crippen LogP contribution < -0.4 is 11.1 Å². The number of carbonyl (C=O) groups is 1. The third kappa shape index (κ3) is 4.34. The lowest BCUT2D eigenvalue weighted by Gasteiger charge is -2.14. The molecule has 1 aromatic heterocycles. The van der Waals surface area contributed by atoms with Crippen molar-refractivity contribution < 1.29 is 4.79 Å². The van der Waals surface area contributed by atoms with E-state index in [-0.39, 0.29) is 17.8 Å². The molecule has 0 saturated carbocycles. The van der Waals surface area contributed by atoms with Crippen LogP contribution in [0.5, 0.6) is 0 Å². The van der Waals surface area contributed by atoms with Crippen molar-refractivity contribution in [3.8, 4) is 0 Å². The molecular weight excluding hydrogens is 282 g/mol. The number of nitrogens with zero attached hydrogens (tertiary/aromatic N) is 1. The van der Waals surface area contributed by atoms with Crippen LogP contribution in [0.4, 0.5) is 5.82 Å². The fraction of sp³-hybridized carbons (Fsp3) is 0.500. The molecule has 1 rings (SSSR count). The van der Waals surface area contributed by atoms with Gasteiger partial charge in [0.2, 0.25) is 0 Å². The Morgan fingerprint density at radius 3 is 3.00 bits per heavy atom. The van der Waals surface area contributed by atoms with E-state index in [0.717, 1.165) is 23.7 Å². The first-order valence-corrected chi connectivity index (χ1v) is 6.55. The molecule has 0 aliphatic rings. The highest BCUT2D eigenvalue weighted by Crippen LogP contribution is 2.15. The molecule has 1 unspecified atom stereocenters. The van der Waals surface area contributed by atoms with Gasteiger partial charge < -0.3 is 11.1 Å². The summed E-state index contributed by atoms with van der Waals surface area (Å²) in [4.78, 5) is 15.9. The molecule has 1 amide bonds. The molecule has 0 fully saturated rings. The van der Waals surface area contributed by atoms with Crippen LogP contribution >= 0.6 is 15.9 Å². The van der Waals surface area contributed by atoms with Crippen molar-refractivity contribution in [2.75, 3.05) is 5.73 Å². The van der Waals surface area contributed by atoms with Crippen LogP contribution in [0.1, 0.15) is 43.5 Å². The third-order valence-corrected chi connectivity index (χ3v) is 2.93. The molecule has 94 valence electrons. The van der Waals surface area contributed by atoms with Crippen molar-refractivity contribution in [3.05, 3.63) is 22.3 Å². The van der Waals surface area contributed by atoms with Gasteiger partial charge in [-0.3, -0.25) is 4.79 Å². The van der Waals surface area contributed by atoms with Gasteiger partial charge in [0.25, 0.3) is 5.91 Å². The predicted octanol–water partition coefficient (Wildman–Crippen LogP) is 2.73. The van der Waals surface area contributed by atoms with Crippen LogP contribution in [0.15, 0.2) is 16.7 Å². The van der Waals surface area contributed by atoms with E-state index in [1.807, 2.05) is 6.92 Å². The van der Waals surface area contributed by atoms with Gasteiger partial charge in [0, 0.05) is 16.7 Å². The lowest BCUT2D eigenvalue weighted by molar-refractivity contribution is 0.0938. The number of carbonyl (C=O) groups excluding carboxylic acids is 1. The van der Waals surface area contributed by atoms with Crippen LogP contribution in [0.3, 0.4) is 0 Å². The monoisotopic (exact) mass is 299 g/mol. The number of nitrogen functional groups attached to an aromatic ring is 1. The first-order chi connectivity index (χ1) is 8.04. The van der Waals surface area contributed by atoms with Crippen molar-refractivity contribution >= 4 is 27.7 Å². The molecule has 1 heterocycles. The Bertz CT molecular complexity index is 395. The van der Waals surface area contributed by atoms with Gasteiger partial charge in [-0.2, -0.15) is 0 Å². The normalized spacial score (nSPS) is 12.2. The Morgan fingerprint density at radius 1 is 1.65 bits per heavy atom. The van der Waals surface area contributed by atoms with Gasteiger partial charge in [-0.25, -0.2) is 4.98 Å². The molecule has 0 aliphatic heterocycles. The lowest BCUT2D eigenvalue weighted by Crippen LogP contribution is -2.33. The fourth-order valence-corrected chi connectivity index (χ4v) is 1.85. The standard InChI is InChI=1S/C12H18BrN3O/c1-3-4-5-8(2)16-12(17)10-6-9(13)7-15-11(10)14/h6-8H,3-5H2,1-2H3,(H2,14,15)(H,16,17). The predicted molar refractivity (Wildman–Crippen MR) is 72.8 cm³/mol. The van der Waals surface area contributed by atoms with Crippen LogP contribution in [-0.2, 0) is 0 Å². The summed E-state index contributed by atoms with van der Waals surface area (Å²) < 4.78 is 0.748. The molecule has 0 radical (unpaired) electrons. The maximum Gasteiger partial charge on any atom is 0.255 e. The molecular formula is C12H18BrN3O. The summed E-state index contributed by atoms with van der Waals surface area (Å²) in [6.45, 7) is 4.12. The molecule has 1 aromatic rings. The zero-order valence-electron chi connectivity index (χ0n) is 10.2. The van der Waals surface area contributed by atoms with Crippen molar-refractivity contribution in [1.29, 1.82) is 0 Å². The quantitative estimate of drug-likeness (QED) is 0.878. The number of pyridine rings is 1. The van der Waals surface area contributed by atoms with Gasteiger partial charge in [-0.15, -0.1) is 0 Å². The Hall–Kier alpha value is -1.10. The summed E-state index contributed by atoms with van der Waals surface area (Å²) in [5.74, 6) is 0.0910. The van der Waals surface area contributed by atoms with Crippen molar-refractivity contribution in [3.63, 3.8) is 0 Å². The second-order valence-electron chi connectivity index (χ2n) is 4.10. The van der Waals surface area contributed by atoms with Crippen LogP contribution in [-0.4, -0.2) is 16.9 Å². The lowest BCUT2D eigenvalue weighted by atomic mass is 10.1. The van der Waals surface area contributed by atoms with Gasteiger partial charge in [0.1, 0.15) is 5.82 Å². The number of nitrogens with one attached hydrogen (secondary N) is 1. The Balaban J connectivity index is 2.66. The second kappa shape index (κ2) is 6.59. The number of halogens is 1. The molecule has 17 heavy (non-hydrogen) atoms. The first kappa shape index (κ1) is 14.0.